The van der Waals surface area contributed by atoms with E-state index in [0.717, 1.165) is 22.5 Å². The Bertz CT molecular complexity index is 942. The van der Waals surface area contributed by atoms with Crippen molar-refractivity contribution < 1.29 is 9.53 Å². The quantitative estimate of drug-likeness (QED) is 0.666. The number of esters is 1. The molecule has 0 fully saturated rings. The van der Waals surface area contributed by atoms with E-state index in [1.807, 2.05) is 23.6 Å². The molecule has 3 rings (SSSR count). The zero-order valence-corrected chi connectivity index (χ0v) is 15.3. The normalized spacial score (nSPS) is 11.3. The molecular weight excluding hydrogens is 314 g/mol. The van der Waals surface area contributed by atoms with Gasteiger partial charge in [-0.3, -0.25) is 0 Å². The number of benzene rings is 1. The number of ether oxygens (including phenoxy) is 1. The molecule has 5 nitrogen and oxygen atoms in total. The largest absolute Gasteiger partial charge is 0.461 e. The summed E-state index contributed by atoms with van der Waals surface area (Å²) in [5.74, 6) is -0.204. The van der Waals surface area contributed by atoms with Crippen LogP contribution in [0, 0.1) is 13.8 Å². The number of aryl methyl sites for hydroxylation is 2. The van der Waals surface area contributed by atoms with Crippen molar-refractivity contribution >= 4 is 11.6 Å². The van der Waals surface area contributed by atoms with Crippen LogP contribution in [0.5, 0.6) is 0 Å². The molecular formula is C20H23N3O2. The number of hydrogen-bond donors (Lipinski definition) is 0. The van der Waals surface area contributed by atoms with Crippen molar-refractivity contribution in [3.8, 4) is 11.1 Å². The number of carbonyl (C=O) groups is 1. The Morgan fingerprint density at radius 2 is 2.00 bits per heavy atom. The molecule has 0 N–H and O–H groups in total. The van der Waals surface area contributed by atoms with E-state index in [2.05, 4.69) is 43.0 Å². The van der Waals surface area contributed by atoms with Crippen molar-refractivity contribution in [2.45, 2.75) is 40.5 Å². The second-order valence-corrected chi connectivity index (χ2v) is 6.51. The van der Waals surface area contributed by atoms with E-state index in [0.29, 0.717) is 17.9 Å². The number of aromatic nitrogens is 3. The molecule has 2 heterocycles. The summed E-state index contributed by atoms with van der Waals surface area (Å²) in [5, 5.41) is 4.69. The molecule has 0 aliphatic heterocycles. The third-order valence-electron chi connectivity index (χ3n) is 4.17. The molecule has 1 aromatic carbocycles. The Morgan fingerprint density at radius 1 is 1.24 bits per heavy atom. The summed E-state index contributed by atoms with van der Waals surface area (Å²) in [6.45, 7) is 10.3. The standard InChI is InChI=1S/C20H23N3O2/c1-6-25-20(24)16-11-17(12(2)3)23-19(21-16)18(14(5)22-23)15-9-7-8-13(4)10-15/h7-12H,6H2,1-5H3. The van der Waals surface area contributed by atoms with Gasteiger partial charge in [0.2, 0.25) is 0 Å². The van der Waals surface area contributed by atoms with Crippen molar-refractivity contribution in [3.63, 3.8) is 0 Å². The van der Waals surface area contributed by atoms with Crippen molar-refractivity contribution in [2.24, 2.45) is 0 Å². The molecule has 3 aromatic rings. The highest BCUT2D eigenvalue weighted by Crippen LogP contribution is 2.30. The Hall–Kier alpha value is -2.69. The highest BCUT2D eigenvalue weighted by molar-refractivity contribution is 5.89. The fraction of sp³-hybridized carbons (Fsp3) is 0.350. The van der Waals surface area contributed by atoms with E-state index in [4.69, 9.17) is 4.74 Å². The van der Waals surface area contributed by atoms with E-state index in [9.17, 15) is 4.79 Å². The van der Waals surface area contributed by atoms with Gasteiger partial charge in [-0.2, -0.15) is 5.10 Å². The van der Waals surface area contributed by atoms with E-state index in [-0.39, 0.29) is 5.92 Å². The number of fused-ring (bicyclic) bond motifs is 1. The summed E-state index contributed by atoms with van der Waals surface area (Å²) in [7, 11) is 0. The van der Waals surface area contributed by atoms with Gasteiger partial charge >= 0.3 is 5.97 Å². The smallest absolute Gasteiger partial charge is 0.357 e. The van der Waals surface area contributed by atoms with Crippen LogP contribution in [0.15, 0.2) is 30.3 Å². The third kappa shape index (κ3) is 3.14. The van der Waals surface area contributed by atoms with Gasteiger partial charge in [0.05, 0.1) is 12.3 Å². The highest BCUT2D eigenvalue weighted by Gasteiger charge is 2.20. The first-order valence-electron chi connectivity index (χ1n) is 8.56. The molecule has 0 amide bonds. The van der Waals surface area contributed by atoms with E-state index in [1.54, 1.807) is 13.0 Å². The van der Waals surface area contributed by atoms with Gasteiger partial charge in [-0.25, -0.2) is 14.3 Å². The summed E-state index contributed by atoms with van der Waals surface area (Å²) in [6, 6.07) is 10.0. The average Bonchev–Trinajstić information content (AvgIpc) is 2.89. The molecule has 0 radical (unpaired) electrons. The average molecular weight is 337 g/mol. The molecule has 25 heavy (non-hydrogen) atoms. The van der Waals surface area contributed by atoms with Gasteiger partial charge in [-0.15, -0.1) is 0 Å². The summed E-state index contributed by atoms with van der Waals surface area (Å²) < 4.78 is 7.00. The number of rotatable bonds is 4. The fourth-order valence-corrected chi connectivity index (χ4v) is 3.01. The summed E-state index contributed by atoms with van der Waals surface area (Å²) in [6.07, 6.45) is 0. The monoisotopic (exact) mass is 337 g/mol. The predicted molar refractivity (Wildman–Crippen MR) is 97.9 cm³/mol. The number of carbonyl (C=O) groups excluding carboxylic acids is 1. The molecule has 5 heteroatoms. The zero-order chi connectivity index (χ0) is 18.1. The minimum atomic E-state index is -0.402. The Labute approximate surface area is 147 Å². The highest BCUT2D eigenvalue weighted by atomic mass is 16.5. The molecule has 0 saturated carbocycles. The van der Waals surface area contributed by atoms with Crippen LogP contribution in [0.1, 0.15) is 54.1 Å². The molecule has 0 saturated heterocycles. The van der Waals surface area contributed by atoms with Crippen LogP contribution in [0.4, 0.5) is 0 Å². The lowest BCUT2D eigenvalue weighted by Crippen LogP contribution is -2.12. The van der Waals surface area contributed by atoms with Gasteiger partial charge in [0.25, 0.3) is 0 Å². The molecule has 0 spiro atoms. The SMILES string of the molecule is CCOC(=O)c1cc(C(C)C)n2nc(C)c(-c3cccc(C)c3)c2n1. The van der Waals surface area contributed by atoms with Crippen LogP contribution < -0.4 is 0 Å². The molecule has 130 valence electrons. The zero-order valence-electron chi connectivity index (χ0n) is 15.3. The van der Waals surface area contributed by atoms with E-state index in [1.165, 1.54) is 5.56 Å². The van der Waals surface area contributed by atoms with Gasteiger partial charge in [0.1, 0.15) is 0 Å². The maximum Gasteiger partial charge on any atom is 0.357 e. The molecule has 0 unspecified atom stereocenters. The first kappa shape index (κ1) is 17.1. The molecule has 0 bridgehead atoms. The third-order valence-corrected chi connectivity index (χ3v) is 4.17. The maximum atomic E-state index is 12.3. The first-order chi connectivity index (χ1) is 11.9. The fourth-order valence-electron chi connectivity index (χ4n) is 3.01. The lowest BCUT2D eigenvalue weighted by Gasteiger charge is -2.11. The molecule has 2 aromatic heterocycles. The predicted octanol–water partition coefficient (Wildman–Crippen LogP) is 4.31. The molecule has 0 aliphatic rings. The van der Waals surface area contributed by atoms with Crippen molar-refractivity contribution in [3.05, 3.63) is 53.0 Å². The summed E-state index contributed by atoms with van der Waals surface area (Å²) in [4.78, 5) is 16.8. The topological polar surface area (TPSA) is 56.5 Å². The minimum Gasteiger partial charge on any atom is -0.461 e. The van der Waals surface area contributed by atoms with Crippen molar-refractivity contribution in [1.29, 1.82) is 0 Å². The van der Waals surface area contributed by atoms with Crippen LogP contribution in [0.25, 0.3) is 16.8 Å². The Kier molecular flexibility index (Phi) is 4.57. The van der Waals surface area contributed by atoms with Crippen LogP contribution in [-0.4, -0.2) is 27.2 Å². The van der Waals surface area contributed by atoms with Gasteiger partial charge in [0.15, 0.2) is 11.3 Å². The number of nitrogens with zero attached hydrogens (tertiary/aromatic N) is 3. The van der Waals surface area contributed by atoms with Crippen molar-refractivity contribution in [2.75, 3.05) is 6.61 Å². The second kappa shape index (κ2) is 6.67. The van der Waals surface area contributed by atoms with Gasteiger partial charge in [0, 0.05) is 11.3 Å². The van der Waals surface area contributed by atoms with Crippen LogP contribution in [-0.2, 0) is 4.74 Å². The summed E-state index contributed by atoms with van der Waals surface area (Å²) in [5.41, 5.74) is 6.02. The van der Waals surface area contributed by atoms with Crippen molar-refractivity contribution in [1.82, 2.24) is 14.6 Å². The van der Waals surface area contributed by atoms with E-state index >= 15 is 0 Å². The van der Waals surface area contributed by atoms with Gasteiger partial charge in [-0.05, 0) is 38.3 Å². The van der Waals surface area contributed by atoms with Crippen LogP contribution >= 0.6 is 0 Å². The molecule has 0 atom stereocenters. The lowest BCUT2D eigenvalue weighted by atomic mass is 10.0. The minimum absolute atomic E-state index is 0.198. The second-order valence-electron chi connectivity index (χ2n) is 6.51. The maximum absolute atomic E-state index is 12.3. The van der Waals surface area contributed by atoms with Gasteiger partial charge < -0.3 is 4.74 Å². The lowest BCUT2D eigenvalue weighted by molar-refractivity contribution is 0.0519. The van der Waals surface area contributed by atoms with E-state index < -0.39 is 5.97 Å². The van der Waals surface area contributed by atoms with Crippen LogP contribution in [0.2, 0.25) is 0 Å². The first-order valence-corrected chi connectivity index (χ1v) is 8.56. The van der Waals surface area contributed by atoms with Crippen LogP contribution in [0.3, 0.4) is 0 Å². The Balaban J connectivity index is 2.31. The summed E-state index contributed by atoms with van der Waals surface area (Å²) >= 11 is 0. The Morgan fingerprint density at radius 3 is 2.64 bits per heavy atom. The number of hydrogen-bond acceptors (Lipinski definition) is 4. The van der Waals surface area contributed by atoms with Gasteiger partial charge in [-0.1, -0.05) is 43.7 Å². The molecule has 0 aliphatic carbocycles.